The van der Waals surface area contributed by atoms with Gasteiger partial charge in [0.25, 0.3) is 0 Å². The molecule has 6 heteroatoms. The highest BCUT2D eigenvalue weighted by molar-refractivity contribution is 5.84. The van der Waals surface area contributed by atoms with Crippen LogP contribution in [0, 0.1) is 0 Å². The average molecular weight is 220 g/mol. The Kier molecular flexibility index (Phi) is 2.80. The Morgan fingerprint density at radius 1 is 1.62 bits per heavy atom. The number of nitrogens with one attached hydrogen (secondary N) is 1. The molecule has 2 aromatic rings. The Bertz CT molecular complexity index is 475. The molecule has 1 N–H and O–H groups in total. The van der Waals surface area contributed by atoms with Crippen LogP contribution in [0.5, 0.6) is 0 Å². The number of hydrogen-bond acceptors (Lipinski definition) is 5. The van der Waals surface area contributed by atoms with Crippen molar-refractivity contribution >= 4 is 5.78 Å². The van der Waals surface area contributed by atoms with Crippen molar-refractivity contribution in [3.05, 3.63) is 18.3 Å². The smallest absolute Gasteiger partial charge is 0.238 e. The average Bonchev–Trinajstić information content (AvgIpc) is 2.96. The first-order chi connectivity index (χ1) is 7.72. The number of H-pyrrole nitrogens is 1. The summed E-state index contributed by atoms with van der Waals surface area (Å²) < 4.78 is 5.03. The highest BCUT2D eigenvalue weighted by atomic mass is 16.5. The van der Waals surface area contributed by atoms with Gasteiger partial charge in [0.2, 0.25) is 11.7 Å². The van der Waals surface area contributed by atoms with E-state index in [-0.39, 0.29) is 11.7 Å². The van der Waals surface area contributed by atoms with E-state index in [0.717, 1.165) is 0 Å². The molecule has 2 aromatic heterocycles. The van der Waals surface area contributed by atoms with Gasteiger partial charge in [-0.15, -0.1) is 0 Å². The Morgan fingerprint density at radius 2 is 2.44 bits per heavy atom. The van der Waals surface area contributed by atoms with E-state index in [1.54, 1.807) is 19.3 Å². The molecule has 0 amide bonds. The Morgan fingerprint density at radius 3 is 3.06 bits per heavy atom. The molecule has 1 unspecified atom stereocenters. The summed E-state index contributed by atoms with van der Waals surface area (Å²) in [5.41, 5.74) is 0. The normalized spacial score (nSPS) is 12.6. The molecule has 0 fully saturated rings. The monoisotopic (exact) mass is 220 g/mol. The molecule has 0 saturated heterocycles. The van der Waals surface area contributed by atoms with Crippen molar-refractivity contribution < 1.29 is 9.32 Å². The fourth-order valence-corrected chi connectivity index (χ4v) is 1.34. The van der Waals surface area contributed by atoms with Gasteiger partial charge in [-0.05, 0) is 6.92 Å². The standard InChI is InChI=1S/C10H12N4O2/c1-3-7(15)6(2)10-13-9(14-16-10)8-11-4-5-12-8/h4-6H,3H2,1-2H3,(H,11,12). The SMILES string of the molecule is CCC(=O)C(C)c1nc(-c2ncc[nH]2)no1. The lowest BCUT2D eigenvalue weighted by molar-refractivity contribution is -0.120. The van der Waals surface area contributed by atoms with E-state index < -0.39 is 0 Å². The number of nitrogens with zero attached hydrogens (tertiary/aromatic N) is 3. The summed E-state index contributed by atoms with van der Waals surface area (Å²) in [5, 5.41) is 3.76. The number of aromatic nitrogens is 4. The third kappa shape index (κ3) is 1.86. The predicted molar refractivity (Wildman–Crippen MR) is 55.6 cm³/mol. The highest BCUT2D eigenvalue weighted by Crippen LogP contribution is 2.18. The van der Waals surface area contributed by atoms with E-state index in [1.165, 1.54) is 0 Å². The molecule has 16 heavy (non-hydrogen) atoms. The molecule has 0 aliphatic carbocycles. The fourth-order valence-electron chi connectivity index (χ4n) is 1.34. The first-order valence-corrected chi connectivity index (χ1v) is 5.08. The maximum Gasteiger partial charge on any atom is 0.238 e. The Labute approximate surface area is 92.1 Å². The van der Waals surface area contributed by atoms with Gasteiger partial charge >= 0.3 is 0 Å². The van der Waals surface area contributed by atoms with Gasteiger partial charge < -0.3 is 9.51 Å². The second-order valence-electron chi connectivity index (χ2n) is 3.44. The van der Waals surface area contributed by atoms with E-state index in [0.29, 0.717) is 24.0 Å². The molecule has 2 rings (SSSR count). The van der Waals surface area contributed by atoms with Gasteiger partial charge in [-0.2, -0.15) is 4.98 Å². The summed E-state index contributed by atoms with van der Waals surface area (Å²) in [6.07, 6.45) is 3.73. The van der Waals surface area contributed by atoms with Crippen LogP contribution in [-0.4, -0.2) is 25.9 Å². The van der Waals surface area contributed by atoms with E-state index in [1.807, 2.05) is 6.92 Å². The van der Waals surface area contributed by atoms with Crippen LogP contribution >= 0.6 is 0 Å². The molecule has 2 heterocycles. The molecule has 1 atom stereocenters. The maximum atomic E-state index is 11.5. The van der Waals surface area contributed by atoms with Gasteiger partial charge in [0.1, 0.15) is 5.78 Å². The molecule has 6 nitrogen and oxygen atoms in total. The minimum absolute atomic E-state index is 0.0784. The van der Waals surface area contributed by atoms with Crippen molar-refractivity contribution in [3.8, 4) is 11.6 Å². The molecule has 0 aromatic carbocycles. The molecule has 0 radical (unpaired) electrons. The lowest BCUT2D eigenvalue weighted by Gasteiger charge is -2.00. The number of rotatable bonds is 4. The van der Waals surface area contributed by atoms with E-state index in [9.17, 15) is 4.79 Å². The summed E-state index contributed by atoms with van der Waals surface area (Å²) in [6.45, 7) is 3.56. The number of hydrogen-bond donors (Lipinski definition) is 1. The molecular formula is C10H12N4O2. The summed E-state index contributed by atoms with van der Waals surface area (Å²) in [6, 6.07) is 0. The van der Waals surface area contributed by atoms with Crippen LogP contribution in [0.3, 0.4) is 0 Å². The lowest BCUT2D eigenvalue weighted by atomic mass is 10.1. The van der Waals surface area contributed by atoms with Crippen LogP contribution in [0.15, 0.2) is 16.9 Å². The summed E-state index contributed by atoms with van der Waals surface area (Å²) >= 11 is 0. The number of aromatic amines is 1. The van der Waals surface area contributed by atoms with E-state index in [4.69, 9.17) is 4.52 Å². The van der Waals surface area contributed by atoms with Gasteiger partial charge in [-0.3, -0.25) is 4.79 Å². The van der Waals surface area contributed by atoms with E-state index >= 15 is 0 Å². The summed E-state index contributed by atoms with van der Waals surface area (Å²) in [5.74, 6) is 0.955. The second-order valence-corrected chi connectivity index (χ2v) is 3.44. The number of ketones is 1. The molecule has 0 bridgehead atoms. The van der Waals surface area contributed by atoms with Crippen LogP contribution in [0.2, 0.25) is 0 Å². The van der Waals surface area contributed by atoms with Crippen LogP contribution in [0.1, 0.15) is 32.1 Å². The van der Waals surface area contributed by atoms with Crippen molar-refractivity contribution in [2.24, 2.45) is 0 Å². The molecule has 0 aliphatic rings. The highest BCUT2D eigenvalue weighted by Gasteiger charge is 2.21. The molecule has 0 spiro atoms. The third-order valence-corrected chi connectivity index (χ3v) is 2.35. The number of carbonyl (C=O) groups excluding carboxylic acids is 1. The molecular weight excluding hydrogens is 208 g/mol. The van der Waals surface area contributed by atoms with Crippen molar-refractivity contribution in [1.82, 2.24) is 20.1 Å². The Balaban J connectivity index is 2.23. The van der Waals surface area contributed by atoms with Crippen molar-refractivity contribution in [2.75, 3.05) is 0 Å². The predicted octanol–water partition coefficient (Wildman–Crippen LogP) is 1.54. The van der Waals surface area contributed by atoms with Gasteiger partial charge in [0.05, 0.1) is 5.92 Å². The summed E-state index contributed by atoms with van der Waals surface area (Å²) in [7, 11) is 0. The molecule has 0 aliphatic heterocycles. The van der Waals surface area contributed by atoms with Crippen molar-refractivity contribution in [1.29, 1.82) is 0 Å². The van der Waals surface area contributed by atoms with E-state index in [2.05, 4.69) is 20.1 Å². The number of imidazole rings is 1. The number of carbonyl (C=O) groups is 1. The Hall–Kier alpha value is -1.98. The second kappa shape index (κ2) is 4.26. The van der Waals surface area contributed by atoms with Crippen molar-refractivity contribution in [3.63, 3.8) is 0 Å². The van der Waals surface area contributed by atoms with Crippen LogP contribution in [0.25, 0.3) is 11.6 Å². The van der Waals surface area contributed by atoms with Crippen LogP contribution in [-0.2, 0) is 4.79 Å². The largest absolute Gasteiger partial charge is 0.342 e. The first kappa shape index (κ1) is 10.5. The minimum atomic E-state index is -0.360. The topological polar surface area (TPSA) is 84.7 Å². The zero-order chi connectivity index (χ0) is 11.5. The fraction of sp³-hybridized carbons (Fsp3) is 0.400. The van der Waals surface area contributed by atoms with Gasteiger partial charge in [-0.25, -0.2) is 4.98 Å². The maximum absolute atomic E-state index is 11.5. The summed E-state index contributed by atoms with van der Waals surface area (Å²) in [4.78, 5) is 22.5. The molecule has 84 valence electrons. The first-order valence-electron chi connectivity index (χ1n) is 5.08. The lowest BCUT2D eigenvalue weighted by Crippen LogP contribution is -2.07. The van der Waals surface area contributed by atoms with Crippen molar-refractivity contribution in [2.45, 2.75) is 26.2 Å². The zero-order valence-electron chi connectivity index (χ0n) is 9.10. The van der Waals surface area contributed by atoms with Gasteiger partial charge in [0, 0.05) is 18.8 Å². The minimum Gasteiger partial charge on any atom is -0.342 e. The van der Waals surface area contributed by atoms with Crippen LogP contribution < -0.4 is 0 Å². The van der Waals surface area contributed by atoms with Crippen LogP contribution in [0.4, 0.5) is 0 Å². The van der Waals surface area contributed by atoms with Gasteiger partial charge in [0.15, 0.2) is 5.82 Å². The number of Topliss-reactive ketones (excluding diaryl/α,β-unsaturated/α-hetero) is 1. The van der Waals surface area contributed by atoms with Gasteiger partial charge in [-0.1, -0.05) is 12.1 Å². The zero-order valence-corrected chi connectivity index (χ0v) is 9.10. The third-order valence-electron chi connectivity index (χ3n) is 2.35. The molecule has 0 saturated carbocycles. The quantitative estimate of drug-likeness (QED) is 0.844.